The second-order valence-corrected chi connectivity index (χ2v) is 11.0. The van der Waals surface area contributed by atoms with E-state index in [4.69, 9.17) is 14.7 Å². The fraction of sp³-hybridized carbons (Fsp3) is 0.448. The van der Waals surface area contributed by atoms with E-state index in [0.29, 0.717) is 25.0 Å². The number of hydrogen-bond donors (Lipinski definition) is 2. The number of amides is 1. The maximum atomic E-state index is 12.1. The second kappa shape index (κ2) is 11.2. The minimum atomic E-state index is -0.481. The Morgan fingerprint density at radius 3 is 2.58 bits per heavy atom. The van der Waals surface area contributed by atoms with Crippen molar-refractivity contribution >= 4 is 17.8 Å². The third-order valence-electron chi connectivity index (χ3n) is 6.79. The van der Waals surface area contributed by atoms with Crippen LogP contribution < -0.4 is 10.6 Å². The Kier molecular flexibility index (Phi) is 7.62. The van der Waals surface area contributed by atoms with Crippen LogP contribution in [0.5, 0.6) is 0 Å². The summed E-state index contributed by atoms with van der Waals surface area (Å²) >= 11 is 0. The van der Waals surface area contributed by atoms with Crippen LogP contribution in [0.2, 0.25) is 0 Å². The molecule has 0 radical (unpaired) electrons. The van der Waals surface area contributed by atoms with E-state index < -0.39 is 5.60 Å². The largest absolute Gasteiger partial charge is 0.444 e. The number of aliphatic imine (C=N–C) groups is 1. The molecule has 3 heterocycles. The first-order valence-electron chi connectivity index (χ1n) is 13.3. The molecule has 0 saturated heterocycles. The zero-order chi connectivity index (χ0) is 26.5. The molecule has 9 nitrogen and oxygen atoms in total. The predicted octanol–water partition coefficient (Wildman–Crippen LogP) is 4.86. The van der Waals surface area contributed by atoms with Crippen molar-refractivity contribution < 1.29 is 9.53 Å². The van der Waals surface area contributed by atoms with Crippen LogP contribution in [0.1, 0.15) is 74.8 Å². The molecule has 0 bridgehead atoms. The molecule has 5 rings (SSSR count). The van der Waals surface area contributed by atoms with Gasteiger partial charge in [0, 0.05) is 37.0 Å². The first-order chi connectivity index (χ1) is 18.3. The highest BCUT2D eigenvalue weighted by atomic mass is 16.6. The fourth-order valence-electron chi connectivity index (χ4n) is 4.93. The van der Waals surface area contributed by atoms with Crippen molar-refractivity contribution in [3.63, 3.8) is 0 Å². The average Bonchev–Trinajstić information content (AvgIpc) is 3.32. The van der Waals surface area contributed by atoms with Crippen molar-refractivity contribution in [2.75, 3.05) is 5.32 Å². The molecular weight excluding hydrogens is 478 g/mol. The summed E-state index contributed by atoms with van der Waals surface area (Å²) < 4.78 is 5.39. The van der Waals surface area contributed by atoms with Gasteiger partial charge in [0.05, 0.1) is 23.6 Å². The summed E-state index contributed by atoms with van der Waals surface area (Å²) in [6, 6.07) is 12.2. The van der Waals surface area contributed by atoms with Crippen molar-refractivity contribution in [3.05, 3.63) is 77.1 Å². The maximum Gasteiger partial charge on any atom is 0.407 e. The maximum absolute atomic E-state index is 12.1. The highest BCUT2D eigenvalue weighted by molar-refractivity contribution is 6.13. The normalized spacial score (nSPS) is 18.9. The third-order valence-corrected chi connectivity index (χ3v) is 6.79. The van der Waals surface area contributed by atoms with E-state index in [9.17, 15) is 4.79 Å². The zero-order valence-corrected chi connectivity index (χ0v) is 22.3. The van der Waals surface area contributed by atoms with Gasteiger partial charge >= 0.3 is 6.09 Å². The molecule has 2 aromatic heterocycles. The molecule has 2 N–H and O–H groups in total. The number of anilines is 1. The number of carbonyl (C=O) groups excluding carboxylic acids is 1. The van der Waals surface area contributed by atoms with Gasteiger partial charge < -0.3 is 15.4 Å². The average molecular weight is 514 g/mol. The molecule has 38 heavy (non-hydrogen) atoms. The van der Waals surface area contributed by atoms with E-state index in [-0.39, 0.29) is 12.1 Å². The van der Waals surface area contributed by atoms with Crippen LogP contribution in [-0.4, -0.2) is 43.4 Å². The van der Waals surface area contributed by atoms with E-state index in [1.165, 1.54) is 5.56 Å². The van der Waals surface area contributed by atoms with E-state index in [1.54, 1.807) is 6.20 Å². The van der Waals surface area contributed by atoms with Gasteiger partial charge in [-0.15, -0.1) is 0 Å². The standard InChI is InChI=1S/C29H35N7O2/c1-29(2,3)38-28(37)34-21-11-9-19(10-12-21)15-25-31-17-22-24(35-25)18-32-26(22)23-13-14-30-27(36-23)33-16-20-7-5-4-6-8-20/h4-8,13-14,17,19,21H,9-12,15-16,18H2,1-3H3,(H,34,37)(H,30,33,36). The number of hydrogen-bond acceptors (Lipinski definition) is 8. The summed E-state index contributed by atoms with van der Waals surface area (Å²) in [5.74, 6) is 1.93. The molecule has 9 heteroatoms. The Bertz CT molecular complexity index is 1300. The quantitative estimate of drug-likeness (QED) is 0.464. The van der Waals surface area contributed by atoms with E-state index >= 15 is 0 Å². The van der Waals surface area contributed by atoms with E-state index in [2.05, 4.69) is 37.7 Å². The molecular formula is C29H35N7O2. The predicted molar refractivity (Wildman–Crippen MR) is 146 cm³/mol. The topological polar surface area (TPSA) is 114 Å². The van der Waals surface area contributed by atoms with Gasteiger partial charge in [-0.25, -0.2) is 24.7 Å². The Hall–Kier alpha value is -3.88. The number of nitrogens with zero attached hydrogens (tertiary/aromatic N) is 5. The summed E-state index contributed by atoms with van der Waals surface area (Å²) in [6.07, 6.45) is 8.08. The lowest BCUT2D eigenvalue weighted by Crippen LogP contribution is -2.41. The van der Waals surface area contributed by atoms with Gasteiger partial charge in [-0.2, -0.15) is 0 Å². The van der Waals surface area contributed by atoms with Crippen molar-refractivity contribution in [1.29, 1.82) is 0 Å². The zero-order valence-electron chi connectivity index (χ0n) is 22.3. The lowest BCUT2D eigenvalue weighted by atomic mass is 9.84. The summed E-state index contributed by atoms with van der Waals surface area (Å²) in [4.78, 5) is 35.4. The van der Waals surface area contributed by atoms with Crippen molar-refractivity contribution in [2.45, 2.75) is 77.6 Å². The van der Waals surface area contributed by atoms with Crippen molar-refractivity contribution in [2.24, 2.45) is 10.9 Å². The monoisotopic (exact) mass is 513 g/mol. The molecule has 1 aliphatic carbocycles. The smallest absolute Gasteiger partial charge is 0.407 e. The van der Waals surface area contributed by atoms with Crippen LogP contribution in [0, 0.1) is 5.92 Å². The van der Waals surface area contributed by atoms with Gasteiger partial charge in [0.1, 0.15) is 11.4 Å². The van der Waals surface area contributed by atoms with Crippen LogP contribution in [0.4, 0.5) is 10.7 Å². The van der Waals surface area contributed by atoms with Crippen LogP contribution in [0.25, 0.3) is 0 Å². The molecule has 1 aliphatic heterocycles. The first-order valence-corrected chi connectivity index (χ1v) is 13.3. The minimum Gasteiger partial charge on any atom is -0.444 e. The Morgan fingerprint density at radius 2 is 1.82 bits per heavy atom. The molecule has 1 saturated carbocycles. The van der Waals surface area contributed by atoms with Gasteiger partial charge in [0.25, 0.3) is 0 Å². The summed E-state index contributed by atoms with van der Waals surface area (Å²) in [5, 5.41) is 6.30. The van der Waals surface area contributed by atoms with Gasteiger partial charge in [-0.1, -0.05) is 30.3 Å². The van der Waals surface area contributed by atoms with E-state index in [1.807, 2.05) is 51.2 Å². The van der Waals surface area contributed by atoms with Crippen LogP contribution in [0.15, 0.2) is 53.8 Å². The number of aromatic nitrogens is 4. The van der Waals surface area contributed by atoms with Gasteiger partial charge in [-0.3, -0.25) is 4.99 Å². The molecule has 1 aromatic carbocycles. The second-order valence-electron chi connectivity index (χ2n) is 11.0. The molecule has 2 aliphatic rings. The van der Waals surface area contributed by atoms with Gasteiger partial charge in [-0.05, 0) is 64.0 Å². The highest BCUT2D eigenvalue weighted by Gasteiger charge is 2.27. The number of benzene rings is 1. The molecule has 0 unspecified atom stereocenters. The number of alkyl carbamates (subject to hydrolysis) is 1. The highest BCUT2D eigenvalue weighted by Crippen LogP contribution is 2.28. The SMILES string of the molecule is CC(C)(C)OC(=O)NC1CCC(Cc2ncc3c(n2)CN=C3c2ccnc(NCc3ccccc3)n2)CC1. The Labute approximate surface area is 223 Å². The molecule has 3 aromatic rings. The number of carbonyl (C=O) groups is 1. The van der Waals surface area contributed by atoms with Crippen molar-refractivity contribution in [3.8, 4) is 0 Å². The third kappa shape index (κ3) is 6.70. The lowest BCUT2D eigenvalue weighted by molar-refractivity contribution is 0.0487. The van der Waals surface area contributed by atoms with Crippen LogP contribution in [0.3, 0.4) is 0 Å². The number of ether oxygens (including phenoxy) is 1. The van der Waals surface area contributed by atoms with Crippen LogP contribution in [-0.2, 0) is 24.2 Å². The molecule has 1 amide bonds. The molecule has 0 atom stereocenters. The van der Waals surface area contributed by atoms with E-state index in [0.717, 1.165) is 60.6 Å². The Balaban J connectivity index is 1.15. The number of nitrogens with one attached hydrogen (secondary N) is 2. The van der Waals surface area contributed by atoms with Crippen molar-refractivity contribution in [1.82, 2.24) is 25.3 Å². The fourth-order valence-corrected chi connectivity index (χ4v) is 4.93. The molecule has 198 valence electrons. The van der Waals surface area contributed by atoms with Crippen LogP contribution >= 0.6 is 0 Å². The number of fused-ring (bicyclic) bond motifs is 1. The number of rotatable bonds is 7. The summed E-state index contributed by atoms with van der Waals surface area (Å²) in [6.45, 7) is 6.82. The summed E-state index contributed by atoms with van der Waals surface area (Å²) in [5.41, 5.74) is 4.14. The minimum absolute atomic E-state index is 0.165. The summed E-state index contributed by atoms with van der Waals surface area (Å²) in [7, 11) is 0. The Morgan fingerprint density at radius 1 is 1.03 bits per heavy atom. The lowest BCUT2D eigenvalue weighted by Gasteiger charge is -2.29. The first kappa shape index (κ1) is 25.8. The molecule has 1 fully saturated rings. The van der Waals surface area contributed by atoms with Gasteiger partial charge in [0.15, 0.2) is 0 Å². The van der Waals surface area contributed by atoms with Gasteiger partial charge in [0.2, 0.25) is 5.95 Å². The molecule has 0 spiro atoms.